The van der Waals surface area contributed by atoms with E-state index >= 15 is 0 Å². The largest absolute Gasteiger partial charge is 1.00 e. The summed E-state index contributed by atoms with van der Waals surface area (Å²) in [5, 5.41) is 7.40. The summed E-state index contributed by atoms with van der Waals surface area (Å²) in [5.74, 6) is 0.819. The summed E-state index contributed by atoms with van der Waals surface area (Å²) in [6, 6.07) is 0.830. The van der Waals surface area contributed by atoms with E-state index in [0.717, 1.165) is 12.0 Å². The Morgan fingerprint density at radius 1 is 0.867 bits per heavy atom. The Morgan fingerprint density at radius 3 is 2.00 bits per heavy atom. The first-order valence-electron chi connectivity index (χ1n) is 5.27. The molecule has 1 fully saturated rings. The van der Waals surface area contributed by atoms with Crippen LogP contribution in [0.25, 0.3) is 0 Å². The zero-order valence-corrected chi connectivity index (χ0v) is 11.8. The highest BCUT2D eigenvalue weighted by Crippen LogP contribution is 1.92. The molecule has 1 atom stereocenters. The Morgan fingerprint density at radius 2 is 1.40 bits per heavy atom. The molecule has 96 valence electrons. The Bertz CT molecular complexity index is 115. The highest BCUT2D eigenvalue weighted by molar-refractivity contribution is 4.55. The molecule has 1 aliphatic heterocycles. The fraction of sp³-hybridized carbons (Fsp3) is 1.00. The van der Waals surface area contributed by atoms with Crippen LogP contribution >= 0.6 is 0 Å². The van der Waals surface area contributed by atoms with Gasteiger partial charge in [0.25, 0.3) is 0 Å². The number of halogens is 3. The molecule has 0 amide bonds. The van der Waals surface area contributed by atoms with E-state index in [9.17, 15) is 0 Å². The summed E-state index contributed by atoms with van der Waals surface area (Å²) >= 11 is 0. The lowest BCUT2D eigenvalue weighted by Gasteiger charge is -2.15. The molecule has 15 heavy (non-hydrogen) atoms. The molecular formula is C9H24Cl3N3. The molecule has 3 nitrogen and oxygen atoms in total. The molecular weight excluding hydrogens is 256 g/mol. The molecule has 1 aliphatic rings. The van der Waals surface area contributed by atoms with E-state index in [4.69, 9.17) is 0 Å². The van der Waals surface area contributed by atoms with Crippen LogP contribution in [0.2, 0.25) is 0 Å². The first-order valence-corrected chi connectivity index (χ1v) is 5.27. The van der Waals surface area contributed by atoms with E-state index in [1.54, 1.807) is 0 Å². The molecule has 0 bridgehead atoms. The van der Waals surface area contributed by atoms with Gasteiger partial charge in [-0.1, -0.05) is 13.8 Å². The number of nitrogens with two attached hydrogens (primary N) is 3. The molecule has 1 rings (SSSR count). The van der Waals surface area contributed by atoms with Crippen molar-refractivity contribution in [3.05, 3.63) is 0 Å². The van der Waals surface area contributed by atoms with Crippen molar-refractivity contribution in [2.24, 2.45) is 5.92 Å². The van der Waals surface area contributed by atoms with E-state index in [1.807, 2.05) is 0 Å². The third-order valence-electron chi connectivity index (χ3n) is 2.71. The van der Waals surface area contributed by atoms with Crippen molar-refractivity contribution in [1.82, 2.24) is 0 Å². The SMILES string of the molecule is CC(C)[C@H]1C[NH2+]CC[NH2+]CC[NH2+]1.[Cl-].[Cl-].[Cl-]. The minimum Gasteiger partial charge on any atom is -1.00 e. The van der Waals surface area contributed by atoms with Crippen LogP contribution in [-0.4, -0.2) is 38.8 Å². The molecule has 0 unspecified atom stereocenters. The van der Waals surface area contributed by atoms with Crippen LogP contribution in [0.1, 0.15) is 13.8 Å². The molecule has 0 aliphatic carbocycles. The molecule has 0 spiro atoms. The number of hydrogen-bond acceptors (Lipinski definition) is 0. The first kappa shape index (κ1) is 21.1. The minimum absolute atomic E-state index is 0. The van der Waals surface area contributed by atoms with E-state index in [-0.39, 0.29) is 37.2 Å². The van der Waals surface area contributed by atoms with E-state index < -0.39 is 0 Å². The Kier molecular flexibility index (Phi) is 18.0. The van der Waals surface area contributed by atoms with Gasteiger partial charge in [-0.05, 0) is 0 Å². The molecule has 6 heteroatoms. The van der Waals surface area contributed by atoms with Crippen molar-refractivity contribution in [2.45, 2.75) is 19.9 Å². The fourth-order valence-corrected chi connectivity index (χ4v) is 1.76. The lowest BCUT2D eigenvalue weighted by Crippen LogP contribution is -3.00. The van der Waals surface area contributed by atoms with Crippen LogP contribution in [0, 0.1) is 5.92 Å². The van der Waals surface area contributed by atoms with Crippen molar-refractivity contribution in [2.75, 3.05) is 32.7 Å². The molecule has 0 aromatic carbocycles. The smallest absolute Gasteiger partial charge is 0.138 e. The second-order valence-electron chi connectivity index (χ2n) is 4.11. The summed E-state index contributed by atoms with van der Waals surface area (Å²) in [5.41, 5.74) is 0. The summed E-state index contributed by atoms with van der Waals surface area (Å²) in [6.07, 6.45) is 0. The van der Waals surface area contributed by atoms with Crippen molar-refractivity contribution in [3.8, 4) is 0 Å². The topological polar surface area (TPSA) is 49.8 Å². The van der Waals surface area contributed by atoms with Crippen molar-refractivity contribution in [3.63, 3.8) is 0 Å². The molecule has 1 saturated heterocycles. The highest BCUT2D eigenvalue weighted by atomic mass is 35.5. The minimum atomic E-state index is 0. The van der Waals surface area contributed by atoms with Gasteiger partial charge in [0.1, 0.15) is 38.8 Å². The molecule has 0 saturated carbocycles. The Labute approximate surface area is 112 Å². The Hall–Kier alpha value is 0.750. The second kappa shape index (κ2) is 12.8. The van der Waals surface area contributed by atoms with Crippen LogP contribution in [0.15, 0.2) is 0 Å². The monoisotopic (exact) mass is 279 g/mol. The summed E-state index contributed by atoms with van der Waals surface area (Å²) in [7, 11) is 0. The maximum absolute atomic E-state index is 2.52. The molecule has 0 radical (unpaired) electrons. The number of rotatable bonds is 1. The third kappa shape index (κ3) is 9.67. The van der Waals surface area contributed by atoms with E-state index in [2.05, 4.69) is 29.8 Å². The predicted octanol–water partition coefficient (Wildman–Crippen LogP) is -12.3. The van der Waals surface area contributed by atoms with Crippen LogP contribution in [-0.2, 0) is 0 Å². The van der Waals surface area contributed by atoms with Gasteiger partial charge < -0.3 is 53.2 Å². The zero-order valence-electron chi connectivity index (χ0n) is 9.56. The van der Waals surface area contributed by atoms with Gasteiger partial charge in [0.15, 0.2) is 0 Å². The van der Waals surface area contributed by atoms with E-state index in [0.29, 0.717) is 0 Å². The summed E-state index contributed by atoms with van der Waals surface area (Å²) in [4.78, 5) is 0. The van der Waals surface area contributed by atoms with Gasteiger partial charge in [0.2, 0.25) is 0 Å². The van der Waals surface area contributed by atoms with Gasteiger partial charge in [-0.15, -0.1) is 0 Å². The number of quaternary nitrogens is 3. The normalized spacial score (nSPS) is 22.2. The molecule has 1 heterocycles. The van der Waals surface area contributed by atoms with Crippen molar-refractivity contribution < 1.29 is 53.2 Å². The average molecular weight is 281 g/mol. The van der Waals surface area contributed by atoms with Gasteiger partial charge in [-0.25, -0.2) is 0 Å². The first-order chi connectivity index (χ1) is 5.80. The summed E-state index contributed by atoms with van der Waals surface area (Å²) in [6.45, 7) is 11.1. The van der Waals surface area contributed by atoms with Crippen LogP contribution in [0.3, 0.4) is 0 Å². The van der Waals surface area contributed by atoms with Gasteiger partial charge >= 0.3 is 0 Å². The standard InChI is InChI=1S/C9H21N3.3ClH/c1-8(2)9-7-11-4-3-10-5-6-12-9;;;/h8-12H,3-7H2,1-2H3;3*1H/t9-;;;/m1.../s1. The van der Waals surface area contributed by atoms with Crippen molar-refractivity contribution >= 4 is 0 Å². The lowest BCUT2D eigenvalue weighted by molar-refractivity contribution is -0.752. The van der Waals surface area contributed by atoms with Gasteiger partial charge in [0.05, 0.1) is 0 Å². The van der Waals surface area contributed by atoms with Crippen LogP contribution in [0.5, 0.6) is 0 Å². The zero-order chi connectivity index (χ0) is 8.81. The maximum Gasteiger partial charge on any atom is 0.138 e. The predicted molar refractivity (Wildman–Crippen MR) is 48.7 cm³/mol. The average Bonchev–Trinajstić information content (AvgIpc) is 2.15. The lowest BCUT2D eigenvalue weighted by atomic mass is 10.0. The van der Waals surface area contributed by atoms with Gasteiger partial charge in [-0.3, -0.25) is 0 Å². The quantitative estimate of drug-likeness (QED) is 0.427. The van der Waals surface area contributed by atoms with Gasteiger partial charge in [-0.2, -0.15) is 0 Å². The van der Waals surface area contributed by atoms with Crippen LogP contribution < -0.4 is 53.2 Å². The molecule has 6 N–H and O–H groups in total. The van der Waals surface area contributed by atoms with Crippen molar-refractivity contribution in [1.29, 1.82) is 0 Å². The Balaban J connectivity index is -0.000000480. The third-order valence-corrected chi connectivity index (χ3v) is 2.71. The molecule has 0 aromatic rings. The fourth-order valence-electron chi connectivity index (χ4n) is 1.76. The summed E-state index contributed by atoms with van der Waals surface area (Å²) < 4.78 is 0. The second-order valence-corrected chi connectivity index (χ2v) is 4.11. The van der Waals surface area contributed by atoms with E-state index in [1.165, 1.54) is 32.7 Å². The van der Waals surface area contributed by atoms with Crippen LogP contribution in [0.4, 0.5) is 0 Å². The van der Waals surface area contributed by atoms with Gasteiger partial charge in [0, 0.05) is 5.92 Å². The number of hydrogen-bond donors (Lipinski definition) is 3. The highest BCUT2D eigenvalue weighted by Gasteiger charge is 2.19. The molecule has 0 aromatic heterocycles. The maximum atomic E-state index is 2.52.